The van der Waals surface area contributed by atoms with Crippen molar-refractivity contribution in [3.05, 3.63) is 0 Å². The summed E-state index contributed by atoms with van der Waals surface area (Å²) in [6.07, 6.45) is 2.63. The fourth-order valence-corrected chi connectivity index (χ4v) is 0.700. The minimum absolute atomic E-state index is 1.20. The van der Waals surface area contributed by atoms with E-state index in [4.69, 9.17) is 0 Å². The van der Waals surface area contributed by atoms with Crippen molar-refractivity contribution < 1.29 is 25.0 Å². The molecule has 6 heavy (non-hydrogen) atoms. The third-order valence-electron chi connectivity index (χ3n) is 0.655. The minimum atomic E-state index is 1.20. The number of nitrogens with one attached hydrogen (secondary N) is 1. The first-order chi connectivity index (χ1) is 2.91. The van der Waals surface area contributed by atoms with E-state index in [1.54, 1.807) is 0 Å². The summed E-state index contributed by atoms with van der Waals surface area (Å²) in [5.41, 5.74) is 0. The van der Waals surface area contributed by atoms with Crippen LogP contribution in [0.4, 0.5) is 0 Å². The number of hydrogen-bond acceptors (Lipinski definition) is 1. The molecule has 0 aliphatic carbocycles. The van der Waals surface area contributed by atoms with Gasteiger partial charge in [0.05, 0.1) is 0 Å². The molecule has 0 unspecified atom stereocenters. The number of rotatable bonds is 3. The fourth-order valence-electron chi connectivity index (χ4n) is 0.265. The standard InChI is InChI=1S/C4H10N.Zr/c1-2-3-4-5;/h5H,2-4H2,1H3;/q-1;+1. The average Bonchev–Trinajstić information content (AvgIpc) is 1.61. The molecule has 0 saturated heterocycles. The Kier molecular flexibility index (Phi) is 6.66. The third kappa shape index (κ3) is 4.84. The van der Waals surface area contributed by atoms with Gasteiger partial charge in [-0.25, -0.2) is 0 Å². The first-order valence-electron chi connectivity index (χ1n) is 2.31. The van der Waals surface area contributed by atoms with Crippen LogP contribution in [-0.2, 0) is 25.0 Å². The third-order valence-corrected chi connectivity index (χ3v) is 1.27. The van der Waals surface area contributed by atoms with Gasteiger partial charge in [0.25, 0.3) is 0 Å². The molecule has 0 aromatic heterocycles. The molecule has 1 nitrogen and oxygen atoms in total. The Morgan fingerprint density at radius 1 is 1.67 bits per heavy atom. The molecule has 0 bridgehead atoms. The van der Waals surface area contributed by atoms with E-state index < -0.39 is 0 Å². The molecule has 0 aromatic rings. The van der Waals surface area contributed by atoms with Crippen LogP contribution in [-0.4, -0.2) is 6.54 Å². The molecular formula is C4H10NZr. The van der Waals surface area contributed by atoms with E-state index in [1.807, 2.05) is 0 Å². The molecule has 0 heterocycles. The predicted octanol–water partition coefficient (Wildman–Crippen LogP) is 0.838. The van der Waals surface area contributed by atoms with Crippen molar-refractivity contribution in [2.75, 3.05) is 6.54 Å². The Morgan fingerprint density at radius 2 is 2.33 bits per heavy atom. The van der Waals surface area contributed by atoms with Gasteiger partial charge in [-0.2, -0.15) is 0 Å². The van der Waals surface area contributed by atoms with Crippen LogP contribution in [0.1, 0.15) is 19.8 Å². The fraction of sp³-hybridized carbons (Fsp3) is 1.00. The summed E-state index contributed by atoms with van der Waals surface area (Å²) in [6.45, 7) is 3.40. The molecule has 35 valence electrons. The Hall–Kier alpha value is 0.843. The Labute approximate surface area is 54.8 Å². The van der Waals surface area contributed by atoms with E-state index in [0.717, 1.165) is 0 Å². The molecule has 0 saturated carbocycles. The van der Waals surface area contributed by atoms with Crippen molar-refractivity contribution in [2.45, 2.75) is 19.8 Å². The Balaban J connectivity index is 2.34. The van der Waals surface area contributed by atoms with Crippen molar-refractivity contribution in [1.29, 1.82) is 0 Å². The first-order valence-corrected chi connectivity index (χ1v) is 3.54. The second-order valence-corrected chi connectivity index (χ2v) is 2.15. The van der Waals surface area contributed by atoms with Crippen LogP contribution in [0.3, 0.4) is 0 Å². The SMILES string of the molecule is CCCC[NH][Zr]. The van der Waals surface area contributed by atoms with E-state index in [0.29, 0.717) is 0 Å². The van der Waals surface area contributed by atoms with Crippen LogP contribution < -0.4 is 3.26 Å². The summed E-state index contributed by atoms with van der Waals surface area (Å²) in [5.74, 6) is 0. The van der Waals surface area contributed by atoms with Gasteiger partial charge in [0.2, 0.25) is 0 Å². The average molecular weight is 163 g/mol. The molecule has 0 aliphatic rings. The summed E-state index contributed by atoms with van der Waals surface area (Å²) in [6, 6.07) is 0. The van der Waals surface area contributed by atoms with Gasteiger partial charge in [-0.15, -0.1) is 0 Å². The van der Waals surface area contributed by atoms with Gasteiger partial charge in [0, 0.05) is 0 Å². The Morgan fingerprint density at radius 3 is 2.50 bits per heavy atom. The number of hydrogen-bond donors (Lipinski definition) is 1. The molecule has 0 atom stereocenters. The number of unbranched alkanes of at least 4 members (excludes halogenated alkanes) is 1. The van der Waals surface area contributed by atoms with Crippen molar-refractivity contribution in [1.82, 2.24) is 3.26 Å². The molecule has 0 spiro atoms. The zero-order valence-electron chi connectivity index (χ0n) is 4.12. The van der Waals surface area contributed by atoms with Gasteiger partial charge in [-0.3, -0.25) is 0 Å². The van der Waals surface area contributed by atoms with Crippen molar-refractivity contribution in [3.8, 4) is 0 Å². The van der Waals surface area contributed by atoms with E-state index >= 15 is 0 Å². The molecule has 2 heteroatoms. The van der Waals surface area contributed by atoms with Crippen LogP contribution in [0, 0.1) is 0 Å². The summed E-state index contributed by atoms with van der Waals surface area (Å²) in [5, 5.41) is 0. The quantitative estimate of drug-likeness (QED) is 0.608. The second kappa shape index (κ2) is 5.84. The Bertz CT molecular complexity index is 19.5. The summed E-state index contributed by atoms with van der Waals surface area (Å²) < 4.78 is 3.16. The van der Waals surface area contributed by atoms with Gasteiger partial charge >= 0.3 is 54.6 Å². The monoisotopic (exact) mass is 162 g/mol. The van der Waals surface area contributed by atoms with Gasteiger partial charge in [-0.1, -0.05) is 0 Å². The summed E-state index contributed by atoms with van der Waals surface area (Å²) in [7, 11) is 0. The molecule has 0 rings (SSSR count). The van der Waals surface area contributed by atoms with E-state index in [9.17, 15) is 0 Å². The zero-order valence-corrected chi connectivity index (χ0v) is 6.58. The van der Waals surface area contributed by atoms with Crippen LogP contribution in [0.2, 0.25) is 0 Å². The van der Waals surface area contributed by atoms with E-state index in [2.05, 4.69) is 10.2 Å². The van der Waals surface area contributed by atoms with Crippen LogP contribution in [0.25, 0.3) is 0 Å². The van der Waals surface area contributed by atoms with E-state index in [-0.39, 0.29) is 0 Å². The topological polar surface area (TPSA) is 12.0 Å². The molecule has 0 radical (unpaired) electrons. The van der Waals surface area contributed by atoms with Gasteiger partial charge < -0.3 is 0 Å². The molecule has 0 fully saturated rings. The molecule has 0 aliphatic heterocycles. The normalized spacial score (nSPS) is 8.67. The molecule has 1 N–H and O–H groups in total. The maximum atomic E-state index is 3.16. The second-order valence-electron chi connectivity index (χ2n) is 1.28. The van der Waals surface area contributed by atoms with Crippen molar-refractivity contribution >= 4 is 0 Å². The molecule has 0 amide bonds. The molecule has 0 aromatic carbocycles. The van der Waals surface area contributed by atoms with Gasteiger partial charge in [-0.05, 0) is 0 Å². The van der Waals surface area contributed by atoms with Gasteiger partial charge in [0.1, 0.15) is 0 Å². The first kappa shape index (κ1) is 6.84. The summed E-state index contributed by atoms with van der Waals surface area (Å²) >= 11 is 1.44. The zero-order chi connectivity index (χ0) is 4.83. The van der Waals surface area contributed by atoms with Crippen molar-refractivity contribution in [2.24, 2.45) is 0 Å². The molecular weight excluding hydrogens is 153 g/mol. The van der Waals surface area contributed by atoms with Crippen LogP contribution in [0.5, 0.6) is 0 Å². The van der Waals surface area contributed by atoms with Crippen molar-refractivity contribution in [3.63, 3.8) is 0 Å². The van der Waals surface area contributed by atoms with E-state index in [1.165, 1.54) is 44.4 Å². The predicted molar refractivity (Wildman–Crippen MR) is 22.9 cm³/mol. The van der Waals surface area contributed by atoms with Gasteiger partial charge in [0.15, 0.2) is 0 Å². The van der Waals surface area contributed by atoms with Crippen LogP contribution >= 0.6 is 0 Å². The summed E-state index contributed by atoms with van der Waals surface area (Å²) in [4.78, 5) is 0. The van der Waals surface area contributed by atoms with Crippen LogP contribution in [0.15, 0.2) is 0 Å². The maximum absolute atomic E-state index is 3.16.